The first kappa shape index (κ1) is 21.5. The number of hydrogen-bond acceptors (Lipinski definition) is 4. The Bertz CT molecular complexity index is 356. The van der Waals surface area contributed by atoms with Crippen molar-refractivity contribution in [2.24, 2.45) is 0 Å². The molecule has 0 aliphatic carbocycles. The predicted molar refractivity (Wildman–Crippen MR) is 45.2 cm³/mol. The van der Waals surface area contributed by atoms with Crippen molar-refractivity contribution in [2.75, 3.05) is 0 Å². The second-order valence-corrected chi connectivity index (χ2v) is 3.37. The van der Waals surface area contributed by atoms with Gasteiger partial charge in [0, 0.05) is 0 Å². The summed E-state index contributed by atoms with van der Waals surface area (Å²) in [6.07, 6.45) is -20.1. The third-order valence-corrected chi connectivity index (χ3v) is 2.01. The zero-order valence-electron chi connectivity index (χ0n) is 9.37. The summed E-state index contributed by atoms with van der Waals surface area (Å²) < 4.78 is 88.0. The van der Waals surface area contributed by atoms with Crippen molar-refractivity contribution in [1.29, 1.82) is 0 Å². The zero-order chi connectivity index (χ0) is 15.5. The molecule has 0 rings (SSSR count). The van der Waals surface area contributed by atoms with Gasteiger partial charge in [0.2, 0.25) is 6.17 Å². The molecular formula is C8H5F7MgO4. The molecule has 112 valence electrons. The quantitative estimate of drug-likeness (QED) is 0.419. The summed E-state index contributed by atoms with van der Waals surface area (Å²) >= 11 is 0. The number of carbonyl (C=O) groups is 2. The van der Waals surface area contributed by atoms with Crippen molar-refractivity contribution in [2.45, 2.75) is 36.8 Å². The molecule has 0 aliphatic rings. The van der Waals surface area contributed by atoms with E-state index in [1.54, 1.807) is 0 Å². The van der Waals surface area contributed by atoms with Crippen LogP contribution in [0, 0.1) is 0 Å². The minimum Gasteiger partial charge on any atom is -0.547 e. The van der Waals surface area contributed by atoms with Crippen LogP contribution in [0.3, 0.4) is 0 Å². The standard InChI is InChI=1S/C8H7F7O4.Mg/c9-1(2(10)4(12)6(16)17)3(11)5(13)8(14,15)7(18)19;/h1-5H,(H,16,17)(H,18,19);/q;+2/p-2. The molecule has 0 radical (unpaired) electrons. The first-order chi connectivity index (χ1) is 8.44. The molecule has 0 saturated carbocycles. The van der Waals surface area contributed by atoms with Gasteiger partial charge < -0.3 is 19.8 Å². The van der Waals surface area contributed by atoms with Crippen LogP contribution in [0.2, 0.25) is 0 Å². The number of carboxylic acid groups (broad SMARTS) is 2. The molecule has 0 spiro atoms. The van der Waals surface area contributed by atoms with E-state index < -0.39 is 48.7 Å². The first-order valence-electron chi connectivity index (χ1n) is 4.45. The Kier molecular flexibility index (Phi) is 8.45. The third kappa shape index (κ3) is 4.65. The summed E-state index contributed by atoms with van der Waals surface area (Å²) in [6, 6.07) is 0. The topological polar surface area (TPSA) is 80.3 Å². The average molecular weight is 322 g/mol. The molecule has 12 heteroatoms. The van der Waals surface area contributed by atoms with Gasteiger partial charge in [-0.05, 0) is 0 Å². The van der Waals surface area contributed by atoms with E-state index in [1.165, 1.54) is 0 Å². The summed E-state index contributed by atoms with van der Waals surface area (Å²) in [5.74, 6) is -11.7. The monoisotopic (exact) mass is 322 g/mol. The van der Waals surface area contributed by atoms with E-state index in [1.807, 2.05) is 0 Å². The Labute approximate surface area is 123 Å². The number of rotatable bonds is 7. The van der Waals surface area contributed by atoms with E-state index >= 15 is 0 Å². The molecule has 0 saturated heterocycles. The second kappa shape index (κ2) is 7.86. The number of carbonyl (C=O) groups excluding carboxylic acids is 2. The van der Waals surface area contributed by atoms with Gasteiger partial charge in [-0.2, -0.15) is 8.78 Å². The molecule has 5 atom stereocenters. The van der Waals surface area contributed by atoms with Crippen LogP contribution in [0.15, 0.2) is 0 Å². The maximum atomic E-state index is 12.8. The Hall–Kier alpha value is -0.784. The molecule has 0 bridgehead atoms. The molecule has 0 aromatic rings. The minimum atomic E-state index is -5.50. The Morgan fingerprint density at radius 2 is 1.25 bits per heavy atom. The number of alkyl halides is 7. The maximum Gasteiger partial charge on any atom is 2.00 e. The van der Waals surface area contributed by atoms with Crippen molar-refractivity contribution in [3.8, 4) is 0 Å². The van der Waals surface area contributed by atoms with Crippen molar-refractivity contribution < 1.29 is 50.5 Å². The number of aliphatic carboxylic acids is 2. The largest absolute Gasteiger partial charge is 2.00 e. The van der Waals surface area contributed by atoms with Crippen LogP contribution in [0.1, 0.15) is 0 Å². The van der Waals surface area contributed by atoms with Gasteiger partial charge in [-0.1, -0.05) is 0 Å². The second-order valence-electron chi connectivity index (χ2n) is 3.37. The van der Waals surface area contributed by atoms with Gasteiger partial charge >= 0.3 is 29.0 Å². The van der Waals surface area contributed by atoms with Gasteiger partial charge in [0.25, 0.3) is 0 Å². The van der Waals surface area contributed by atoms with E-state index in [-0.39, 0.29) is 23.1 Å². The van der Waals surface area contributed by atoms with Gasteiger partial charge in [0.1, 0.15) is 5.97 Å². The van der Waals surface area contributed by atoms with Crippen molar-refractivity contribution >= 4 is 35.0 Å². The fourth-order valence-electron chi connectivity index (χ4n) is 0.941. The summed E-state index contributed by atoms with van der Waals surface area (Å²) in [7, 11) is 0. The van der Waals surface area contributed by atoms with Crippen molar-refractivity contribution in [3.63, 3.8) is 0 Å². The first-order valence-corrected chi connectivity index (χ1v) is 4.45. The van der Waals surface area contributed by atoms with Gasteiger partial charge in [0.05, 0.1) is 5.97 Å². The summed E-state index contributed by atoms with van der Waals surface area (Å²) in [6.45, 7) is 0. The molecular weight excluding hydrogens is 317 g/mol. The number of carboxylic acids is 2. The van der Waals surface area contributed by atoms with E-state index in [0.29, 0.717) is 0 Å². The summed E-state index contributed by atoms with van der Waals surface area (Å²) in [5, 5.41) is 19.5. The molecule has 5 unspecified atom stereocenters. The Morgan fingerprint density at radius 3 is 1.55 bits per heavy atom. The SMILES string of the molecule is O=C([O-])C(F)C(F)C(F)C(F)C(F)C(F)(F)C(=O)[O-].[Mg+2]. The van der Waals surface area contributed by atoms with Gasteiger partial charge in [-0.3, -0.25) is 0 Å². The van der Waals surface area contributed by atoms with Crippen LogP contribution in [0.25, 0.3) is 0 Å². The molecule has 0 aromatic carbocycles. The fraction of sp³-hybridized carbons (Fsp3) is 0.750. The molecule has 20 heavy (non-hydrogen) atoms. The third-order valence-electron chi connectivity index (χ3n) is 2.01. The van der Waals surface area contributed by atoms with Gasteiger partial charge in [-0.25, -0.2) is 22.0 Å². The molecule has 0 aliphatic heterocycles. The number of halogens is 7. The van der Waals surface area contributed by atoms with Crippen molar-refractivity contribution in [3.05, 3.63) is 0 Å². The van der Waals surface area contributed by atoms with E-state index in [0.717, 1.165) is 0 Å². The Morgan fingerprint density at radius 1 is 0.850 bits per heavy atom. The summed E-state index contributed by atoms with van der Waals surface area (Å²) in [4.78, 5) is 19.5. The van der Waals surface area contributed by atoms with Gasteiger partial charge in [0.15, 0.2) is 24.7 Å². The van der Waals surface area contributed by atoms with Crippen LogP contribution in [0.5, 0.6) is 0 Å². The van der Waals surface area contributed by atoms with Gasteiger partial charge in [-0.15, -0.1) is 0 Å². The molecule has 0 aromatic heterocycles. The number of hydrogen-bond donors (Lipinski definition) is 0. The van der Waals surface area contributed by atoms with Crippen LogP contribution < -0.4 is 10.2 Å². The van der Waals surface area contributed by atoms with Crippen LogP contribution in [-0.4, -0.2) is 71.8 Å². The van der Waals surface area contributed by atoms with Crippen LogP contribution in [-0.2, 0) is 9.59 Å². The molecule has 0 fully saturated rings. The fourth-order valence-corrected chi connectivity index (χ4v) is 0.941. The molecule has 0 amide bonds. The molecule has 4 nitrogen and oxygen atoms in total. The van der Waals surface area contributed by atoms with E-state index in [2.05, 4.69) is 0 Å². The average Bonchev–Trinajstić information content (AvgIpc) is 2.33. The van der Waals surface area contributed by atoms with E-state index in [9.17, 15) is 50.5 Å². The van der Waals surface area contributed by atoms with Crippen LogP contribution in [0.4, 0.5) is 30.7 Å². The zero-order valence-corrected chi connectivity index (χ0v) is 10.8. The Balaban J connectivity index is 0. The maximum absolute atomic E-state index is 12.8. The van der Waals surface area contributed by atoms with E-state index in [4.69, 9.17) is 0 Å². The molecule has 0 N–H and O–H groups in total. The normalized spacial score (nSPS) is 19.1. The smallest absolute Gasteiger partial charge is 0.547 e. The van der Waals surface area contributed by atoms with Crippen LogP contribution >= 0.6 is 0 Å². The predicted octanol–water partition coefficient (Wildman–Crippen LogP) is -1.57. The minimum absolute atomic E-state index is 0. The molecule has 0 heterocycles. The van der Waals surface area contributed by atoms with Crippen molar-refractivity contribution in [1.82, 2.24) is 0 Å². The summed E-state index contributed by atoms with van der Waals surface area (Å²) in [5.41, 5.74) is 0.